The minimum Gasteiger partial charge on any atom is -0.497 e. The maximum Gasteiger partial charge on any atom is 0.402 e. The Bertz CT molecular complexity index is 2560. The lowest BCUT2D eigenvalue weighted by Crippen LogP contribution is -2.44. The van der Waals surface area contributed by atoms with Gasteiger partial charge in [-0.2, -0.15) is 26.3 Å². The summed E-state index contributed by atoms with van der Waals surface area (Å²) in [5.41, 5.74) is 4.55. The molecule has 0 amide bonds. The molecule has 0 aliphatic heterocycles. The van der Waals surface area contributed by atoms with E-state index in [-0.39, 0.29) is 35.5 Å². The SMILES string of the molecule is CC(C)(C(F)(F)F)C(F)(F)F.CC(C)(C)C.CC(C)(C)C.CC(C)(C)C.CC(C)(C)c1ccc(C(C)(C)C)cc1.CC(C)(C)c1ccc(C(C)(C)C)cc1.CC(C)C.CC(C)C.CCC.CCC.CCC.CCC[Si](C)(C)O[Si](C)(C)CCC.COC.COC.COC.COC.COC.COc1ccccc1.CS(C)(=O)=O.c1ccccc1.c1ccccc1. The highest BCUT2D eigenvalue weighted by Crippen LogP contribution is 2.49. The molecule has 18 heteroatoms. The Morgan fingerprint density at radius 2 is 0.403 bits per heavy atom. The Labute approximate surface area is 774 Å². The van der Waals surface area contributed by atoms with Gasteiger partial charge in [0, 0.05) is 83.6 Å². The molecule has 0 unspecified atom stereocenters. The fraction of sp³-hybridized carbons (Fsp3) is 0.717. The molecular weight excluding hydrogens is 1620 g/mol. The first-order valence-corrected chi connectivity index (χ1v) is 52.8. The van der Waals surface area contributed by atoms with Crippen LogP contribution in [0.15, 0.2) is 152 Å². The van der Waals surface area contributed by atoms with Crippen LogP contribution in [0.2, 0.25) is 38.3 Å². The predicted octanol–water partition coefficient (Wildman–Crippen LogP) is 35.7. The highest BCUT2D eigenvalue weighted by Gasteiger charge is 2.64. The molecule has 5 rings (SSSR count). The van der Waals surface area contributed by atoms with Gasteiger partial charge in [-0.05, 0) is 136 Å². The van der Waals surface area contributed by atoms with Gasteiger partial charge in [-0.1, -0.05) is 435 Å². The van der Waals surface area contributed by atoms with Gasteiger partial charge in [0.25, 0.3) is 0 Å². The van der Waals surface area contributed by atoms with Crippen molar-refractivity contribution in [3.63, 3.8) is 0 Å². The van der Waals surface area contributed by atoms with Gasteiger partial charge in [-0.3, -0.25) is 0 Å². The molecule has 5 aromatic carbocycles. The van der Waals surface area contributed by atoms with E-state index in [9.17, 15) is 34.8 Å². The van der Waals surface area contributed by atoms with Gasteiger partial charge in [-0.25, -0.2) is 8.42 Å². The average Bonchev–Trinajstić information content (AvgIpc) is 0.796. The second-order valence-electron chi connectivity index (χ2n) is 41.5. The maximum atomic E-state index is 11.6. The van der Waals surface area contributed by atoms with Gasteiger partial charge in [0.15, 0.2) is 22.0 Å². The van der Waals surface area contributed by atoms with Crippen LogP contribution in [-0.2, 0) is 59.3 Å². The fourth-order valence-electron chi connectivity index (χ4n) is 6.48. The Morgan fingerprint density at radius 1 is 0.290 bits per heavy atom. The number of sulfone groups is 1. The lowest BCUT2D eigenvalue weighted by atomic mass is 9.82. The van der Waals surface area contributed by atoms with Gasteiger partial charge < -0.3 is 32.5 Å². The lowest BCUT2D eigenvalue weighted by molar-refractivity contribution is -0.327. The summed E-state index contributed by atoms with van der Waals surface area (Å²) in [5.74, 6) is 2.58. The van der Waals surface area contributed by atoms with Crippen LogP contribution < -0.4 is 4.74 Å². The van der Waals surface area contributed by atoms with Crippen molar-refractivity contribution in [2.45, 2.75) is 381 Å². The van der Waals surface area contributed by atoms with E-state index in [4.69, 9.17) is 8.85 Å². The normalized spacial score (nSPS) is 10.7. The molecule has 0 aliphatic rings. The molecule has 0 radical (unpaired) electrons. The minimum absolute atomic E-state index is 0.104. The van der Waals surface area contributed by atoms with Crippen molar-refractivity contribution in [2.75, 3.05) is 90.7 Å². The van der Waals surface area contributed by atoms with E-state index < -0.39 is 44.2 Å². The molecule has 0 spiro atoms. The first-order valence-electron chi connectivity index (χ1n) is 44.3. The van der Waals surface area contributed by atoms with E-state index in [1.54, 1.807) is 78.2 Å². The largest absolute Gasteiger partial charge is 0.497 e. The zero-order valence-corrected chi connectivity index (χ0v) is 95.2. The second kappa shape index (κ2) is 91.9. The van der Waals surface area contributed by atoms with Crippen LogP contribution in [-0.4, -0.2) is 128 Å². The summed E-state index contributed by atoms with van der Waals surface area (Å²) in [6, 6.07) is 54.3. The maximum absolute atomic E-state index is 11.6. The molecule has 124 heavy (non-hydrogen) atoms. The molecule has 0 saturated heterocycles. The molecular formula is C106H212F6O9SSi2. The molecule has 0 aliphatic carbocycles. The van der Waals surface area contributed by atoms with Crippen molar-refractivity contribution in [1.29, 1.82) is 0 Å². The highest BCUT2D eigenvalue weighted by molar-refractivity contribution is 7.89. The van der Waals surface area contributed by atoms with E-state index >= 15 is 0 Å². The zero-order chi connectivity index (χ0) is 103. The van der Waals surface area contributed by atoms with Crippen LogP contribution in [0.5, 0.6) is 5.75 Å². The number of halogens is 6. The molecule has 0 fully saturated rings. The third-order valence-corrected chi connectivity index (χ3v) is 19.0. The number of methoxy groups -OCH3 is 6. The van der Waals surface area contributed by atoms with Crippen molar-refractivity contribution in [3.05, 3.63) is 174 Å². The van der Waals surface area contributed by atoms with Crippen LogP contribution in [0.3, 0.4) is 0 Å². The molecule has 9 nitrogen and oxygen atoms in total. The van der Waals surface area contributed by atoms with E-state index in [2.05, 4.69) is 362 Å². The van der Waals surface area contributed by atoms with Gasteiger partial charge in [0.1, 0.15) is 15.6 Å². The number of ether oxygens (including phenoxy) is 6. The number of hydrogen-bond donors (Lipinski definition) is 0. The number of alkyl halides is 6. The molecule has 0 aromatic heterocycles. The van der Waals surface area contributed by atoms with Crippen molar-refractivity contribution in [1.82, 2.24) is 0 Å². The first kappa shape index (κ1) is 157. The number of para-hydroxylation sites is 1. The smallest absolute Gasteiger partial charge is 0.402 e. The molecule has 5 aromatic rings. The van der Waals surface area contributed by atoms with Crippen molar-refractivity contribution in [3.8, 4) is 5.75 Å². The lowest BCUT2D eigenvalue weighted by Gasteiger charge is -2.33. The highest BCUT2D eigenvalue weighted by atomic mass is 32.2. The number of hydrogen-bond acceptors (Lipinski definition) is 9. The van der Waals surface area contributed by atoms with E-state index in [0.29, 0.717) is 16.2 Å². The van der Waals surface area contributed by atoms with Crippen LogP contribution in [0.1, 0.15) is 331 Å². The number of benzene rings is 5. The molecule has 0 bridgehead atoms. The van der Waals surface area contributed by atoms with Crippen LogP contribution >= 0.6 is 0 Å². The van der Waals surface area contributed by atoms with Gasteiger partial charge in [0.05, 0.1) is 7.11 Å². The Morgan fingerprint density at radius 3 is 0.476 bits per heavy atom. The van der Waals surface area contributed by atoms with E-state index in [1.807, 2.05) is 103 Å². The summed E-state index contributed by atoms with van der Waals surface area (Å²) >= 11 is 0. The summed E-state index contributed by atoms with van der Waals surface area (Å²) in [7, 11) is 12.6. The summed E-state index contributed by atoms with van der Waals surface area (Å²) in [4.78, 5) is 0. The third-order valence-electron chi connectivity index (χ3n) is 11.2. The summed E-state index contributed by atoms with van der Waals surface area (Å²) in [6.45, 7) is 93.2. The van der Waals surface area contributed by atoms with Crippen molar-refractivity contribution < 1.29 is 67.3 Å². The summed E-state index contributed by atoms with van der Waals surface area (Å²) in [5, 5.41) is 0. The monoisotopic (exact) mass is 1830 g/mol. The van der Waals surface area contributed by atoms with Crippen LogP contribution in [0.25, 0.3) is 0 Å². The second-order valence-corrected chi connectivity index (χ2v) is 52.6. The van der Waals surface area contributed by atoms with E-state index in [1.165, 1.54) is 66.4 Å². The minimum atomic E-state index is -5.24. The third kappa shape index (κ3) is 183. The molecule has 0 atom stereocenters. The molecule has 746 valence electrons. The van der Waals surface area contributed by atoms with Crippen molar-refractivity contribution in [2.24, 2.45) is 33.5 Å². The standard InChI is InChI=1S/2C14H22.C10H26OSi2.C7H8O.2C6H6.C5H6F6.3C5H12.2C4H10.3C3H8.C2H6O2S.5C2H6O/c2*1-13(2,3)11-7-9-12(10-8-11)14(4,5)6;1-7-9-12(3,4)11-13(5,6)10-8-2;1-8-7-5-3-2-4-6-7;2*1-2-4-6-5-3-1;1-3(2,4(6,7)8)5(9,10)11;3*1-5(2,3)4;2*1-4(2)3;3*1-3-2;1-5(2,3)4;5*1-3-2/h2*7-10H,1-6H3;7-10H2,1-6H3;2-6H,1H3;2*1-6H;1-2H3;3*1-4H3;2*4H,1-3H3;3*3H2,1-2H3;1-2H3;5*1-2H3. The summed E-state index contributed by atoms with van der Waals surface area (Å²) in [6.07, 6.45) is -1.87. The quantitative estimate of drug-likeness (QED) is 0.117. The summed E-state index contributed by atoms with van der Waals surface area (Å²) < 4.78 is 121. The Kier molecular flexibility index (Phi) is 116. The van der Waals surface area contributed by atoms with Gasteiger partial charge in [0.2, 0.25) is 0 Å². The van der Waals surface area contributed by atoms with E-state index in [0.717, 1.165) is 30.1 Å². The fourth-order valence-corrected chi connectivity index (χ4v) is 15.7. The molecule has 0 heterocycles. The van der Waals surface area contributed by atoms with Crippen LogP contribution in [0.4, 0.5) is 26.3 Å². The Hall–Kier alpha value is -4.38. The Balaban J connectivity index is -0.0000000724. The topological polar surface area (TPSA) is 98.8 Å². The average molecular weight is 1830 g/mol. The molecule has 0 saturated carbocycles. The van der Waals surface area contributed by atoms with Gasteiger partial charge in [-0.15, -0.1) is 0 Å². The van der Waals surface area contributed by atoms with Gasteiger partial charge >= 0.3 is 12.4 Å². The predicted molar refractivity (Wildman–Crippen MR) is 555 cm³/mol. The molecule has 0 N–H and O–H groups in total. The number of rotatable bonds is 7. The van der Waals surface area contributed by atoms with Crippen LogP contribution in [0, 0.1) is 33.5 Å². The zero-order valence-electron chi connectivity index (χ0n) is 92.4. The van der Waals surface area contributed by atoms with Crippen molar-refractivity contribution >= 4 is 26.5 Å². The first-order chi connectivity index (χ1) is 55.5.